The molecule has 1 aromatic carbocycles. The lowest BCUT2D eigenvalue weighted by Gasteiger charge is -2.42. The van der Waals surface area contributed by atoms with E-state index in [1.807, 2.05) is 38.1 Å². The number of aryl methyl sites for hydroxylation is 1. The highest BCUT2D eigenvalue weighted by molar-refractivity contribution is 5.95. The molecular weight excluding hydrogens is 214 g/mol. The maximum absolute atomic E-state index is 12.2. The smallest absolute Gasteiger partial charge is 0.254 e. The molecule has 1 amide bonds. The summed E-state index contributed by atoms with van der Waals surface area (Å²) in [7, 11) is 4.08. The molecule has 0 radical (unpaired) electrons. The summed E-state index contributed by atoms with van der Waals surface area (Å²) >= 11 is 0. The standard InChI is InChI=1S/C13H19N3O/c1-9-4-10(6-11(14)5-9)13(17)16-7-12(8-16)15(2)3/h4-6,12H,7-8,14H2,1-3H3. The van der Waals surface area contributed by atoms with Gasteiger partial charge < -0.3 is 15.5 Å². The number of amides is 1. The first-order chi connectivity index (χ1) is 7.97. The van der Waals surface area contributed by atoms with E-state index in [1.54, 1.807) is 6.07 Å². The van der Waals surface area contributed by atoms with Crippen LogP contribution < -0.4 is 5.73 Å². The van der Waals surface area contributed by atoms with Gasteiger partial charge in [-0.3, -0.25) is 4.79 Å². The van der Waals surface area contributed by atoms with Gasteiger partial charge in [0.2, 0.25) is 0 Å². The Morgan fingerprint density at radius 2 is 2.00 bits per heavy atom. The van der Waals surface area contributed by atoms with E-state index in [1.165, 1.54) is 0 Å². The van der Waals surface area contributed by atoms with Crippen LogP contribution in [0.5, 0.6) is 0 Å². The molecule has 92 valence electrons. The number of carbonyl (C=O) groups is 1. The number of rotatable bonds is 2. The monoisotopic (exact) mass is 233 g/mol. The van der Waals surface area contributed by atoms with Gasteiger partial charge in [-0.25, -0.2) is 0 Å². The highest BCUT2D eigenvalue weighted by Crippen LogP contribution is 2.18. The molecule has 0 spiro atoms. The summed E-state index contributed by atoms with van der Waals surface area (Å²) < 4.78 is 0. The number of hydrogen-bond donors (Lipinski definition) is 1. The molecule has 17 heavy (non-hydrogen) atoms. The van der Waals surface area contributed by atoms with Crippen molar-refractivity contribution in [2.45, 2.75) is 13.0 Å². The number of benzene rings is 1. The Labute approximate surface area is 102 Å². The van der Waals surface area contributed by atoms with Crippen molar-refractivity contribution in [1.82, 2.24) is 9.80 Å². The summed E-state index contributed by atoms with van der Waals surface area (Å²) in [6.45, 7) is 3.56. The molecule has 0 aliphatic carbocycles. The summed E-state index contributed by atoms with van der Waals surface area (Å²) in [5.74, 6) is 0.0819. The summed E-state index contributed by atoms with van der Waals surface area (Å²) in [5, 5.41) is 0. The van der Waals surface area contributed by atoms with Gasteiger partial charge in [0.05, 0.1) is 0 Å². The van der Waals surface area contributed by atoms with E-state index in [4.69, 9.17) is 5.73 Å². The number of likely N-dealkylation sites (tertiary alicyclic amines) is 1. The molecule has 1 aromatic rings. The van der Waals surface area contributed by atoms with Crippen molar-refractivity contribution in [3.05, 3.63) is 29.3 Å². The van der Waals surface area contributed by atoms with Crippen LogP contribution in [-0.4, -0.2) is 48.9 Å². The predicted octanol–water partition coefficient (Wildman–Crippen LogP) is 0.963. The Bertz CT molecular complexity index is 416. The first kappa shape index (κ1) is 11.9. The van der Waals surface area contributed by atoms with E-state index in [0.29, 0.717) is 17.3 Å². The molecule has 0 atom stereocenters. The molecule has 1 heterocycles. The Morgan fingerprint density at radius 3 is 2.53 bits per heavy atom. The summed E-state index contributed by atoms with van der Waals surface area (Å²) in [5.41, 5.74) is 8.12. The Balaban J connectivity index is 2.06. The second-order valence-electron chi connectivity index (χ2n) is 4.96. The number of anilines is 1. The van der Waals surface area contributed by atoms with Crippen LogP contribution in [0, 0.1) is 6.92 Å². The Kier molecular flexibility index (Phi) is 3.07. The van der Waals surface area contributed by atoms with Gasteiger partial charge in [0.15, 0.2) is 0 Å². The van der Waals surface area contributed by atoms with Crippen molar-refractivity contribution in [3.8, 4) is 0 Å². The van der Waals surface area contributed by atoms with Crippen LogP contribution in [0.3, 0.4) is 0 Å². The molecule has 2 N–H and O–H groups in total. The molecule has 4 nitrogen and oxygen atoms in total. The van der Waals surface area contributed by atoms with Crippen LogP contribution in [0.15, 0.2) is 18.2 Å². The van der Waals surface area contributed by atoms with Crippen molar-refractivity contribution >= 4 is 11.6 Å². The molecular formula is C13H19N3O. The quantitative estimate of drug-likeness (QED) is 0.774. The fourth-order valence-electron chi connectivity index (χ4n) is 2.07. The van der Waals surface area contributed by atoms with Crippen molar-refractivity contribution < 1.29 is 4.79 Å². The lowest BCUT2D eigenvalue weighted by molar-refractivity contribution is 0.0399. The van der Waals surface area contributed by atoms with Gasteiger partial charge in [-0.05, 0) is 44.8 Å². The van der Waals surface area contributed by atoms with Gasteiger partial charge in [0.1, 0.15) is 0 Å². The fourth-order valence-corrected chi connectivity index (χ4v) is 2.07. The first-order valence-corrected chi connectivity index (χ1v) is 5.80. The fraction of sp³-hybridized carbons (Fsp3) is 0.462. The molecule has 4 heteroatoms. The van der Waals surface area contributed by atoms with Gasteiger partial charge in [-0.1, -0.05) is 0 Å². The summed E-state index contributed by atoms with van der Waals surface area (Å²) in [6, 6.07) is 6.00. The number of nitrogens with zero attached hydrogens (tertiary/aromatic N) is 2. The van der Waals surface area contributed by atoms with Crippen molar-refractivity contribution in [2.75, 3.05) is 32.9 Å². The zero-order valence-electron chi connectivity index (χ0n) is 10.6. The van der Waals surface area contributed by atoms with E-state index in [-0.39, 0.29) is 5.91 Å². The lowest BCUT2D eigenvalue weighted by Crippen LogP contribution is -2.59. The molecule has 1 aliphatic rings. The van der Waals surface area contributed by atoms with Crippen LogP contribution in [0.4, 0.5) is 5.69 Å². The third-order valence-corrected chi connectivity index (χ3v) is 3.23. The number of nitrogens with two attached hydrogens (primary N) is 1. The van der Waals surface area contributed by atoms with Crippen molar-refractivity contribution in [3.63, 3.8) is 0 Å². The predicted molar refractivity (Wildman–Crippen MR) is 69.0 cm³/mol. The van der Waals surface area contributed by atoms with E-state index in [0.717, 1.165) is 18.7 Å². The highest BCUT2D eigenvalue weighted by atomic mass is 16.2. The van der Waals surface area contributed by atoms with Gasteiger partial charge in [0.25, 0.3) is 5.91 Å². The molecule has 0 bridgehead atoms. The van der Waals surface area contributed by atoms with Crippen molar-refractivity contribution in [2.24, 2.45) is 0 Å². The van der Waals surface area contributed by atoms with Gasteiger partial charge in [-0.2, -0.15) is 0 Å². The minimum Gasteiger partial charge on any atom is -0.399 e. The third kappa shape index (κ3) is 2.42. The van der Waals surface area contributed by atoms with E-state index in [2.05, 4.69) is 4.90 Å². The minimum atomic E-state index is 0.0819. The molecule has 1 fully saturated rings. The molecule has 0 aromatic heterocycles. The van der Waals surface area contributed by atoms with Gasteiger partial charge in [0, 0.05) is 30.4 Å². The Morgan fingerprint density at radius 1 is 1.35 bits per heavy atom. The van der Waals surface area contributed by atoms with Crippen LogP contribution in [0.1, 0.15) is 15.9 Å². The van der Waals surface area contributed by atoms with Crippen LogP contribution >= 0.6 is 0 Å². The average molecular weight is 233 g/mol. The number of nitrogen functional groups attached to an aromatic ring is 1. The normalized spacial score (nSPS) is 16.1. The SMILES string of the molecule is Cc1cc(N)cc(C(=O)N2CC(N(C)C)C2)c1. The number of hydrogen-bond acceptors (Lipinski definition) is 3. The number of likely N-dealkylation sites (N-methyl/N-ethyl adjacent to an activating group) is 1. The van der Waals surface area contributed by atoms with E-state index in [9.17, 15) is 4.79 Å². The molecule has 1 saturated heterocycles. The molecule has 0 unspecified atom stereocenters. The van der Waals surface area contributed by atoms with Crippen LogP contribution in [-0.2, 0) is 0 Å². The first-order valence-electron chi connectivity index (χ1n) is 5.80. The number of carbonyl (C=O) groups excluding carboxylic acids is 1. The minimum absolute atomic E-state index is 0.0819. The van der Waals surface area contributed by atoms with Gasteiger partial charge in [-0.15, -0.1) is 0 Å². The van der Waals surface area contributed by atoms with Crippen molar-refractivity contribution in [1.29, 1.82) is 0 Å². The molecule has 0 saturated carbocycles. The maximum atomic E-state index is 12.2. The summed E-state index contributed by atoms with van der Waals surface area (Å²) in [6.07, 6.45) is 0. The van der Waals surface area contributed by atoms with Crippen LogP contribution in [0.25, 0.3) is 0 Å². The molecule has 1 aliphatic heterocycles. The zero-order chi connectivity index (χ0) is 12.6. The zero-order valence-corrected chi connectivity index (χ0v) is 10.6. The molecule has 2 rings (SSSR count). The van der Waals surface area contributed by atoms with E-state index < -0.39 is 0 Å². The second-order valence-corrected chi connectivity index (χ2v) is 4.96. The van der Waals surface area contributed by atoms with E-state index >= 15 is 0 Å². The second kappa shape index (κ2) is 4.37. The van der Waals surface area contributed by atoms with Crippen LogP contribution in [0.2, 0.25) is 0 Å². The Hall–Kier alpha value is -1.55. The van der Waals surface area contributed by atoms with Gasteiger partial charge >= 0.3 is 0 Å². The maximum Gasteiger partial charge on any atom is 0.254 e. The third-order valence-electron chi connectivity index (χ3n) is 3.23. The summed E-state index contributed by atoms with van der Waals surface area (Å²) in [4.78, 5) is 16.2. The topological polar surface area (TPSA) is 49.6 Å². The lowest BCUT2D eigenvalue weighted by atomic mass is 10.0. The average Bonchev–Trinajstić information content (AvgIpc) is 2.12. The highest BCUT2D eigenvalue weighted by Gasteiger charge is 2.32. The largest absolute Gasteiger partial charge is 0.399 e.